The third-order valence-corrected chi connectivity index (χ3v) is 5.75. The molecule has 0 N–H and O–H groups in total. The predicted molar refractivity (Wildman–Crippen MR) is 101 cm³/mol. The Balaban J connectivity index is 1.59. The summed E-state index contributed by atoms with van der Waals surface area (Å²) in [6.07, 6.45) is 2.06. The first kappa shape index (κ1) is 19.1. The molecule has 0 bridgehead atoms. The van der Waals surface area contributed by atoms with Crippen molar-refractivity contribution in [2.75, 3.05) is 58.6 Å². The molecule has 6 heteroatoms. The summed E-state index contributed by atoms with van der Waals surface area (Å²) in [6, 6.07) is 8.67. The molecule has 3 rings (SSSR count). The van der Waals surface area contributed by atoms with E-state index in [4.69, 9.17) is 14.2 Å². The van der Waals surface area contributed by atoms with Gasteiger partial charge in [0.1, 0.15) is 6.61 Å². The molecular weight excluding hydrogens is 332 g/mol. The SMILES string of the molecule is COCCOCC(=O)N1CCC2(CC1)C(OC)CN2c1ccc(C)cc1. The molecule has 1 aromatic carbocycles. The molecule has 0 aliphatic carbocycles. The third-order valence-electron chi connectivity index (χ3n) is 5.75. The normalized spacial score (nSPS) is 21.7. The van der Waals surface area contributed by atoms with Crippen LogP contribution in [-0.4, -0.2) is 76.1 Å². The Morgan fingerprint density at radius 1 is 1.15 bits per heavy atom. The van der Waals surface area contributed by atoms with Gasteiger partial charge in [0.05, 0.1) is 24.9 Å². The minimum Gasteiger partial charge on any atom is -0.382 e. The van der Waals surface area contributed by atoms with Crippen molar-refractivity contribution in [1.29, 1.82) is 0 Å². The van der Waals surface area contributed by atoms with Crippen LogP contribution in [0.4, 0.5) is 5.69 Å². The molecule has 1 spiro atoms. The molecule has 0 aromatic heterocycles. The standard InChI is InChI=1S/C20H30N2O4/c1-16-4-6-17(7-5-16)22-14-18(25-3)20(22)8-10-21(11-9-20)19(23)15-26-13-12-24-2/h4-7,18H,8-15H2,1-3H3. The predicted octanol–water partition coefficient (Wildman–Crippen LogP) is 1.85. The monoisotopic (exact) mass is 362 g/mol. The Bertz CT molecular complexity index is 596. The van der Waals surface area contributed by atoms with E-state index in [1.807, 2.05) is 4.90 Å². The number of nitrogens with zero attached hydrogens (tertiary/aromatic N) is 2. The van der Waals surface area contributed by atoms with E-state index in [0.29, 0.717) is 13.2 Å². The Morgan fingerprint density at radius 2 is 1.85 bits per heavy atom. The van der Waals surface area contributed by atoms with Crippen LogP contribution in [0.25, 0.3) is 0 Å². The van der Waals surface area contributed by atoms with Crippen LogP contribution < -0.4 is 4.90 Å². The van der Waals surface area contributed by atoms with E-state index in [2.05, 4.69) is 36.1 Å². The second kappa shape index (κ2) is 8.37. The van der Waals surface area contributed by atoms with Crippen LogP contribution in [0.3, 0.4) is 0 Å². The van der Waals surface area contributed by atoms with Crippen LogP contribution >= 0.6 is 0 Å². The summed E-state index contributed by atoms with van der Waals surface area (Å²) in [4.78, 5) is 16.7. The van der Waals surface area contributed by atoms with Crippen molar-refractivity contribution in [3.05, 3.63) is 29.8 Å². The van der Waals surface area contributed by atoms with Gasteiger partial charge in [-0.3, -0.25) is 4.79 Å². The van der Waals surface area contributed by atoms with Gasteiger partial charge in [-0.05, 0) is 31.9 Å². The van der Waals surface area contributed by atoms with Gasteiger partial charge >= 0.3 is 0 Å². The first-order valence-corrected chi connectivity index (χ1v) is 9.32. The highest BCUT2D eigenvalue weighted by Crippen LogP contribution is 2.44. The molecule has 1 unspecified atom stereocenters. The van der Waals surface area contributed by atoms with Gasteiger partial charge in [0.2, 0.25) is 5.91 Å². The number of hydrogen-bond donors (Lipinski definition) is 0. The zero-order valence-corrected chi connectivity index (χ0v) is 16.1. The van der Waals surface area contributed by atoms with E-state index in [9.17, 15) is 4.79 Å². The van der Waals surface area contributed by atoms with Crippen LogP contribution in [0.15, 0.2) is 24.3 Å². The number of amides is 1. The zero-order chi connectivity index (χ0) is 18.6. The van der Waals surface area contributed by atoms with Crippen molar-refractivity contribution < 1.29 is 19.0 Å². The van der Waals surface area contributed by atoms with E-state index in [0.717, 1.165) is 32.5 Å². The molecule has 2 fully saturated rings. The number of rotatable bonds is 7. The Labute approximate surface area is 156 Å². The number of ether oxygens (including phenoxy) is 3. The fraction of sp³-hybridized carbons (Fsp3) is 0.650. The van der Waals surface area contributed by atoms with Gasteiger partial charge in [-0.15, -0.1) is 0 Å². The van der Waals surface area contributed by atoms with E-state index >= 15 is 0 Å². The quantitative estimate of drug-likeness (QED) is 0.693. The fourth-order valence-corrected chi connectivity index (χ4v) is 4.09. The highest BCUT2D eigenvalue weighted by molar-refractivity contribution is 5.77. The molecule has 144 valence electrons. The lowest BCUT2D eigenvalue weighted by Gasteiger charge is -2.61. The Morgan fingerprint density at radius 3 is 2.46 bits per heavy atom. The number of benzene rings is 1. The van der Waals surface area contributed by atoms with Crippen molar-refractivity contribution in [3.8, 4) is 0 Å². The van der Waals surface area contributed by atoms with Crippen molar-refractivity contribution in [2.24, 2.45) is 0 Å². The number of hydrogen-bond acceptors (Lipinski definition) is 5. The lowest BCUT2D eigenvalue weighted by atomic mass is 9.73. The van der Waals surface area contributed by atoms with Gasteiger partial charge in [0, 0.05) is 39.5 Å². The number of likely N-dealkylation sites (tertiary alicyclic amines) is 1. The van der Waals surface area contributed by atoms with Gasteiger partial charge in [0.15, 0.2) is 0 Å². The third kappa shape index (κ3) is 3.72. The first-order chi connectivity index (χ1) is 12.6. The average Bonchev–Trinajstić information content (AvgIpc) is 2.66. The van der Waals surface area contributed by atoms with Crippen molar-refractivity contribution in [3.63, 3.8) is 0 Å². The summed E-state index contributed by atoms with van der Waals surface area (Å²) in [5, 5.41) is 0. The fourth-order valence-electron chi connectivity index (χ4n) is 4.09. The summed E-state index contributed by atoms with van der Waals surface area (Å²) in [6.45, 7) is 5.60. The summed E-state index contributed by atoms with van der Waals surface area (Å²) < 4.78 is 16.1. The summed E-state index contributed by atoms with van der Waals surface area (Å²) in [7, 11) is 3.42. The van der Waals surface area contributed by atoms with Gasteiger partial charge in [-0.1, -0.05) is 17.7 Å². The topological polar surface area (TPSA) is 51.2 Å². The zero-order valence-electron chi connectivity index (χ0n) is 16.1. The highest BCUT2D eigenvalue weighted by atomic mass is 16.5. The molecule has 2 aliphatic rings. The van der Waals surface area contributed by atoms with Crippen LogP contribution in [0, 0.1) is 6.92 Å². The van der Waals surface area contributed by atoms with Crippen LogP contribution in [0.5, 0.6) is 0 Å². The van der Waals surface area contributed by atoms with E-state index in [1.54, 1.807) is 14.2 Å². The molecule has 2 heterocycles. The molecule has 6 nitrogen and oxygen atoms in total. The molecule has 1 aromatic rings. The van der Waals surface area contributed by atoms with E-state index in [-0.39, 0.29) is 24.2 Å². The average molecular weight is 362 g/mol. The van der Waals surface area contributed by atoms with Crippen molar-refractivity contribution in [2.45, 2.75) is 31.4 Å². The van der Waals surface area contributed by atoms with Crippen LogP contribution in [0.1, 0.15) is 18.4 Å². The van der Waals surface area contributed by atoms with Gasteiger partial charge in [-0.25, -0.2) is 0 Å². The van der Waals surface area contributed by atoms with E-state index in [1.165, 1.54) is 11.3 Å². The summed E-state index contributed by atoms with van der Waals surface area (Å²) in [5.74, 6) is 0.0612. The second-order valence-corrected chi connectivity index (χ2v) is 7.20. The lowest BCUT2D eigenvalue weighted by Crippen LogP contribution is -2.74. The molecule has 0 saturated carbocycles. The van der Waals surface area contributed by atoms with Crippen LogP contribution in [0.2, 0.25) is 0 Å². The second-order valence-electron chi connectivity index (χ2n) is 7.20. The molecule has 26 heavy (non-hydrogen) atoms. The highest BCUT2D eigenvalue weighted by Gasteiger charge is 2.55. The minimum absolute atomic E-state index is 0.00229. The lowest BCUT2D eigenvalue weighted by molar-refractivity contribution is -0.140. The number of carbonyl (C=O) groups excluding carboxylic acids is 1. The summed E-state index contributed by atoms with van der Waals surface area (Å²) >= 11 is 0. The molecule has 2 saturated heterocycles. The summed E-state index contributed by atoms with van der Waals surface area (Å²) in [5.41, 5.74) is 2.50. The first-order valence-electron chi connectivity index (χ1n) is 9.32. The minimum atomic E-state index is -0.00229. The van der Waals surface area contributed by atoms with Crippen molar-refractivity contribution >= 4 is 11.6 Å². The maximum absolute atomic E-state index is 12.3. The molecule has 1 atom stereocenters. The van der Waals surface area contributed by atoms with Crippen molar-refractivity contribution in [1.82, 2.24) is 4.90 Å². The molecular formula is C20H30N2O4. The van der Waals surface area contributed by atoms with Gasteiger partial charge < -0.3 is 24.0 Å². The van der Waals surface area contributed by atoms with E-state index < -0.39 is 0 Å². The van der Waals surface area contributed by atoms with Gasteiger partial charge in [-0.2, -0.15) is 0 Å². The maximum atomic E-state index is 12.3. The Hall–Kier alpha value is -1.63. The molecule has 2 aliphatic heterocycles. The number of aryl methyl sites for hydroxylation is 1. The number of carbonyl (C=O) groups is 1. The number of methoxy groups -OCH3 is 2. The molecule has 1 amide bonds. The number of piperidine rings is 1. The maximum Gasteiger partial charge on any atom is 0.248 e. The van der Waals surface area contributed by atoms with Crippen LogP contribution in [-0.2, 0) is 19.0 Å². The Kier molecular flexibility index (Phi) is 6.16. The molecule has 0 radical (unpaired) electrons. The van der Waals surface area contributed by atoms with Gasteiger partial charge in [0.25, 0.3) is 0 Å². The smallest absolute Gasteiger partial charge is 0.248 e. The largest absolute Gasteiger partial charge is 0.382 e. The number of anilines is 1.